The van der Waals surface area contributed by atoms with Gasteiger partial charge in [-0.2, -0.15) is 0 Å². The van der Waals surface area contributed by atoms with Gasteiger partial charge in [-0.25, -0.2) is 0 Å². The molecule has 138 valence electrons. The summed E-state index contributed by atoms with van der Waals surface area (Å²) in [5, 5.41) is 11.9. The molecule has 6 nitrogen and oxygen atoms in total. The number of carbonyl (C=O) groups is 2. The van der Waals surface area contributed by atoms with E-state index < -0.39 is 6.10 Å². The van der Waals surface area contributed by atoms with Crippen molar-refractivity contribution in [1.29, 1.82) is 0 Å². The van der Waals surface area contributed by atoms with E-state index in [4.69, 9.17) is 4.74 Å². The summed E-state index contributed by atoms with van der Waals surface area (Å²) >= 11 is 1.06. The highest BCUT2D eigenvalue weighted by Gasteiger charge is 2.33. The molecule has 1 aromatic rings. The molecule has 0 radical (unpaired) electrons. The van der Waals surface area contributed by atoms with Crippen LogP contribution in [-0.2, 0) is 16.0 Å². The highest BCUT2D eigenvalue weighted by atomic mass is 32.2. The second-order valence-electron chi connectivity index (χ2n) is 6.35. The summed E-state index contributed by atoms with van der Waals surface area (Å²) in [6.45, 7) is 2.19. The molecule has 3 rings (SSSR count). The number of amides is 2. The minimum absolute atomic E-state index is 0.134. The zero-order valence-corrected chi connectivity index (χ0v) is 15.4. The molecule has 26 heavy (non-hydrogen) atoms. The van der Waals surface area contributed by atoms with Crippen LogP contribution in [0.25, 0.3) is 0 Å². The van der Waals surface area contributed by atoms with E-state index in [2.05, 4.69) is 17.2 Å². The maximum absolute atomic E-state index is 11.6. The van der Waals surface area contributed by atoms with Gasteiger partial charge in [0.05, 0.1) is 10.9 Å². The second-order valence-corrected chi connectivity index (χ2v) is 7.53. The van der Waals surface area contributed by atoms with Crippen LogP contribution in [0.2, 0.25) is 0 Å². The van der Waals surface area contributed by atoms with Crippen LogP contribution in [0.1, 0.15) is 37.1 Å². The molecule has 2 unspecified atom stereocenters. The van der Waals surface area contributed by atoms with Crippen LogP contribution in [0.3, 0.4) is 0 Å². The lowest BCUT2D eigenvalue weighted by Crippen LogP contribution is -2.25. The molecule has 2 N–H and O–H groups in total. The van der Waals surface area contributed by atoms with Crippen molar-refractivity contribution < 1.29 is 19.4 Å². The Morgan fingerprint density at radius 2 is 2.27 bits per heavy atom. The van der Waals surface area contributed by atoms with Crippen LogP contribution in [-0.4, -0.2) is 33.1 Å². The zero-order chi connectivity index (χ0) is 18.5. The van der Waals surface area contributed by atoms with Gasteiger partial charge in [0, 0.05) is 6.20 Å². The van der Waals surface area contributed by atoms with Gasteiger partial charge in [-0.3, -0.25) is 19.9 Å². The number of hydrogen-bond acceptors (Lipinski definition) is 6. The van der Waals surface area contributed by atoms with E-state index in [1.54, 1.807) is 6.20 Å². The van der Waals surface area contributed by atoms with Crippen LogP contribution in [0.15, 0.2) is 42.3 Å². The molecule has 1 aliphatic carbocycles. The van der Waals surface area contributed by atoms with E-state index in [0.29, 0.717) is 17.9 Å². The molecule has 7 heteroatoms. The molecule has 1 aliphatic heterocycles. The Labute approximate surface area is 156 Å². The first-order valence-corrected chi connectivity index (χ1v) is 9.58. The number of pyridine rings is 1. The van der Waals surface area contributed by atoms with Gasteiger partial charge >= 0.3 is 0 Å². The SMILES string of the molecule is CCc1ccc([C@@H](O)COC2=CCC(CC3SC(=O)NC3=O)C=C2)nc1. The van der Waals surface area contributed by atoms with Crippen molar-refractivity contribution >= 4 is 22.9 Å². The summed E-state index contributed by atoms with van der Waals surface area (Å²) in [7, 11) is 0. The third-order valence-corrected chi connectivity index (χ3v) is 5.45. The van der Waals surface area contributed by atoms with E-state index in [9.17, 15) is 14.7 Å². The first-order valence-electron chi connectivity index (χ1n) is 8.70. The summed E-state index contributed by atoms with van der Waals surface area (Å²) in [6.07, 6.45) is 9.06. The van der Waals surface area contributed by atoms with Gasteiger partial charge in [0.25, 0.3) is 5.24 Å². The average Bonchev–Trinajstić information content (AvgIpc) is 2.98. The summed E-state index contributed by atoms with van der Waals surface area (Å²) in [5.41, 5.74) is 1.72. The molecule has 2 aliphatic rings. The number of allylic oxidation sites excluding steroid dienone is 3. The minimum Gasteiger partial charge on any atom is -0.491 e. The average molecular weight is 374 g/mol. The number of imide groups is 1. The quantitative estimate of drug-likeness (QED) is 0.763. The Morgan fingerprint density at radius 1 is 1.42 bits per heavy atom. The molecular formula is C19H22N2O4S. The van der Waals surface area contributed by atoms with E-state index in [1.165, 1.54) is 0 Å². The summed E-state index contributed by atoms with van der Waals surface area (Å²) in [5.74, 6) is 0.693. The third-order valence-electron chi connectivity index (χ3n) is 4.44. The Bertz CT molecular complexity index is 730. The van der Waals surface area contributed by atoms with Crippen molar-refractivity contribution in [2.75, 3.05) is 6.61 Å². The fourth-order valence-electron chi connectivity index (χ4n) is 2.85. The molecule has 0 bridgehead atoms. The van der Waals surface area contributed by atoms with E-state index in [0.717, 1.165) is 30.2 Å². The summed E-state index contributed by atoms with van der Waals surface area (Å²) < 4.78 is 5.66. The van der Waals surface area contributed by atoms with Crippen molar-refractivity contribution in [2.45, 2.75) is 37.5 Å². The number of carbonyl (C=O) groups excluding carboxylic acids is 2. The van der Waals surface area contributed by atoms with Crippen LogP contribution in [0.5, 0.6) is 0 Å². The number of thioether (sulfide) groups is 1. The lowest BCUT2D eigenvalue weighted by molar-refractivity contribution is -0.119. The molecule has 0 spiro atoms. The second kappa shape index (κ2) is 8.51. The Balaban J connectivity index is 1.45. The number of aliphatic hydroxyl groups excluding tert-OH is 1. The monoisotopic (exact) mass is 374 g/mol. The van der Waals surface area contributed by atoms with Crippen LogP contribution in [0, 0.1) is 5.92 Å². The number of rotatable bonds is 7. The Morgan fingerprint density at radius 3 is 2.85 bits per heavy atom. The van der Waals surface area contributed by atoms with E-state index in [1.807, 2.05) is 30.4 Å². The van der Waals surface area contributed by atoms with Gasteiger partial charge in [0.2, 0.25) is 5.91 Å². The normalized spacial score (nSPS) is 23.5. The standard InChI is InChI=1S/C19H22N2O4S/c1-2-12-5-8-15(20-10-12)16(22)11-25-14-6-3-13(4-7-14)9-17-18(23)21-19(24)26-17/h3,5-8,10,13,16-17,22H,2,4,9,11H2,1H3,(H,21,23,24)/t13?,16-,17?/m0/s1. The molecule has 1 saturated heterocycles. The first-order chi connectivity index (χ1) is 12.5. The number of ether oxygens (including phenoxy) is 1. The van der Waals surface area contributed by atoms with E-state index >= 15 is 0 Å². The molecule has 1 fully saturated rings. The Kier molecular flexibility index (Phi) is 6.11. The van der Waals surface area contributed by atoms with Crippen LogP contribution in [0.4, 0.5) is 4.79 Å². The fraction of sp³-hybridized carbons (Fsp3) is 0.421. The van der Waals surface area contributed by atoms with Crippen molar-refractivity contribution in [3.05, 3.63) is 53.6 Å². The molecule has 3 atom stereocenters. The molecule has 2 heterocycles. The fourth-order valence-corrected chi connectivity index (χ4v) is 3.78. The molecule has 2 amide bonds. The van der Waals surface area contributed by atoms with Crippen molar-refractivity contribution in [3.63, 3.8) is 0 Å². The summed E-state index contributed by atoms with van der Waals surface area (Å²) in [6, 6.07) is 3.78. The topological polar surface area (TPSA) is 88.5 Å². The van der Waals surface area contributed by atoms with Gasteiger partial charge in [-0.05, 0) is 49.0 Å². The highest BCUT2D eigenvalue weighted by Crippen LogP contribution is 2.30. The molecule has 0 saturated carbocycles. The van der Waals surface area contributed by atoms with Crippen molar-refractivity contribution in [2.24, 2.45) is 5.92 Å². The number of nitrogens with zero attached hydrogens (tertiary/aromatic N) is 1. The van der Waals surface area contributed by atoms with Crippen molar-refractivity contribution in [3.8, 4) is 0 Å². The Hall–Kier alpha value is -2.12. The summed E-state index contributed by atoms with van der Waals surface area (Å²) in [4.78, 5) is 27.1. The van der Waals surface area contributed by atoms with Gasteiger partial charge in [0.1, 0.15) is 18.5 Å². The predicted molar refractivity (Wildman–Crippen MR) is 99.4 cm³/mol. The van der Waals surface area contributed by atoms with Gasteiger partial charge in [0.15, 0.2) is 0 Å². The number of hydrogen-bond donors (Lipinski definition) is 2. The predicted octanol–water partition coefficient (Wildman–Crippen LogP) is 2.90. The van der Waals surface area contributed by atoms with E-state index in [-0.39, 0.29) is 28.9 Å². The van der Waals surface area contributed by atoms with Gasteiger partial charge in [-0.1, -0.05) is 30.8 Å². The van der Waals surface area contributed by atoms with Crippen molar-refractivity contribution in [1.82, 2.24) is 10.3 Å². The number of aromatic nitrogens is 1. The largest absolute Gasteiger partial charge is 0.491 e. The maximum Gasteiger partial charge on any atom is 0.286 e. The van der Waals surface area contributed by atoms with Gasteiger partial charge < -0.3 is 9.84 Å². The minimum atomic E-state index is -0.780. The number of aryl methyl sites for hydroxylation is 1. The number of aliphatic hydroxyl groups is 1. The van der Waals surface area contributed by atoms with Crippen LogP contribution >= 0.6 is 11.8 Å². The zero-order valence-electron chi connectivity index (χ0n) is 14.6. The molecule has 1 aromatic heterocycles. The lowest BCUT2D eigenvalue weighted by Gasteiger charge is -2.19. The first kappa shape index (κ1) is 18.7. The smallest absolute Gasteiger partial charge is 0.286 e. The maximum atomic E-state index is 11.6. The van der Waals surface area contributed by atoms with Crippen LogP contribution < -0.4 is 5.32 Å². The molecular weight excluding hydrogens is 352 g/mol. The lowest BCUT2D eigenvalue weighted by atomic mass is 9.94. The third kappa shape index (κ3) is 4.74. The highest BCUT2D eigenvalue weighted by molar-refractivity contribution is 8.15. The molecule has 0 aromatic carbocycles. The number of nitrogens with one attached hydrogen (secondary N) is 1. The van der Waals surface area contributed by atoms with Gasteiger partial charge in [-0.15, -0.1) is 0 Å².